The number of carbonyl (C=O) groups is 1. The van der Waals surface area contributed by atoms with Crippen LogP contribution in [0.3, 0.4) is 0 Å². The molecule has 0 spiro atoms. The Balaban J connectivity index is 1.67. The molecule has 1 aromatic carbocycles. The van der Waals surface area contributed by atoms with Gasteiger partial charge in [-0.25, -0.2) is 0 Å². The normalized spacial score (nSPS) is 23.9. The monoisotopic (exact) mass is 293 g/mol. The lowest BCUT2D eigenvalue weighted by Crippen LogP contribution is -2.50. The lowest BCUT2D eigenvalue weighted by Gasteiger charge is -2.31. The maximum Gasteiger partial charge on any atom is 0.251 e. The van der Waals surface area contributed by atoms with Crippen LogP contribution >= 0.6 is 0 Å². The minimum absolute atomic E-state index is 0.0309. The van der Waals surface area contributed by atoms with Gasteiger partial charge in [-0.2, -0.15) is 0 Å². The summed E-state index contributed by atoms with van der Waals surface area (Å²) in [5.74, 6) is 1.14. The molecule has 0 aromatic heterocycles. The van der Waals surface area contributed by atoms with Crippen molar-refractivity contribution < 1.29 is 23.7 Å². The van der Waals surface area contributed by atoms with E-state index in [0.717, 1.165) is 6.42 Å². The van der Waals surface area contributed by atoms with Crippen LogP contribution in [0.15, 0.2) is 18.2 Å². The fourth-order valence-corrected chi connectivity index (χ4v) is 2.54. The molecule has 2 heterocycles. The smallest absolute Gasteiger partial charge is 0.251 e. The van der Waals surface area contributed by atoms with Gasteiger partial charge in [-0.1, -0.05) is 0 Å². The van der Waals surface area contributed by atoms with E-state index in [-0.39, 0.29) is 24.8 Å². The van der Waals surface area contributed by atoms with E-state index in [1.54, 1.807) is 18.2 Å². The molecule has 0 radical (unpaired) electrons. The Morgan fingerprint density at radius 3 is 3.10 bits per heavy atom. The van der Waals surface area contributed by atoms with Gasteiger partial charge in [-0.05, 0) is 31.5 Å². The predicted octanol–water partition coefficient (Wildman–Crippen LogP) is 1.34. The maximum atomic E-state index is 12.4. The number of fused-ring (bicyclic) bond motifs is 1. The van der Waals surface area contributed by atoms with E-state index in [4.69, 9.17) is 18.9 Å². The summed E-state index contributed by atoms with van der Waals surface area (Å²) in [7, 11) is 0. The van der Waals surface area contributed by atoms with Gasteiger partial charge in [-0.15, -0.1) is 0 Å². The quantitative estimate of drug-likeness (QED) is 0.907. The highest BCUT2D eigenvalue weighted by atomic mass is 16.7. The first-order valence-corrected chi connectivity index (χ1v) is 7.18. The van der Waals surface area contributed by atoms with Crippen molar-refractivity contribution in [1.29, 1.82) is 0 Å². The zero-order valence-electron chi connectivity index (χ0n) is 12.0. The third-order valence-electron chi connectivity index (χ3n) is 3.64. The predicted molar refractivity (Wildman–Crippen MR) is 74.7 cm³/mol. The molecule has 0 saturated carbocycles. The highest BCUT2D eigenvalue weighted by Crippen LogP contribution is 2.32. The zero-order chi connectivity index (χ0) is 14.7. The molecule has 0 bridgehead atoms. The van der Waals surface area contributed by atoms with Crippen molar-refractivity contribution in [2.75, 3.05) is 26.6 Å². The lowest BCUT2D eigenvalue weighted by atomic mass is 10.1. The van der Waals surface area contributed by atoms with E-state index in [1.165, 1.54) is 0 Å². The highest BCUT2D eigenvalue weighted by Gasteiger charge is 2.28. The second-order valence-corrected chi connectivity index (χ2v) is 5.01. The summed E-state index contributed by atoms with van der Waals surface area (Å²) in [5, 5.41) is 3.02. The first-order valence-electron chi connectivity index (χ1n) is 7.18. The summed E-state index contributed by atoms with van der Waals surface area (Å²) in [4.78, 5) is 12.4. The van der Waals surface area contributed by atoms with Crippen molar-refractivity contribution in [3.8, 4) is 11.5 Å². The molecule has 2 aliphatic rings. The number of hydrogen-bond acceptors (Lipinski definition) is 5. The average molecular weight is 293 g/mol. The Bertz CT molecular complexity index is 517. The van der Waals surface area contributed by atoms with Gasteiger partial charge >= 0.3 is 0 Å². The van der Waals surface area contributed by atoms with Gasteiger partial charge in [0.1, 0.15) is 6.10 Å². The van der Waals surface area contributed by atoms with E-state index in [2.05, 4.69) is 5.32 Å². The third kappa shape index (κ3) is 3.11. The van der Waals surface area contributed by atoms with E-state index in [0.29, 0.717) is 36.9 Å². The fraction of sp³-hybridized carbons (Fsp3) is 0.533. The second kappa shape index (κ2) is 6.32. The van der Waals surface area contributed by atoms with Crippen molar-refractivity contribution in [2.45, 2.75) is 25.5 Å². The Kier molecular flexibility index (Phi) is 4.26. The SMILES string of the molecule is CCO[C@@H]1COCC[C@H]1NC(=O)c1ccc2c(c1)OCO2. The number of nitrogens with one attached hydrogen (secondary N) is 1. The largest absolute Gasteiger partial charge is 0.454 e. The topological polar surface area (TPSA) is 66.0 Å². The molecular formula is C15H19NO5. The summed E-state index contributed by atoms with van der Waals surface area (Å²) >= 11 is 0. The molecule has 21 heavy (non-hydrogen) atoms. The molecule has 2 atom stereocenters. The summed E-state index contributed by atoms with van der Waals surface area (Å²) in [6.45, 7) is 3.89. The first kappa shape index (κ1) is 14.2. The van der Waals surface area contributed by atoms with Crippen LogP contribution in [0.5, 0.6) is 11.5 Å². The number of benzene rings is 1. The van der Waals surface area contributed by atoms with Crippen LogP contribution < -0.4 is 14.8 Å². The first-order chi connectivity index (χ1) is 10.3. The molecule has 6 nitrogen and oxygen atoms in total. The molecule has 0 aliphatic carbocycles. The van der Waals surface area contributed by atoms with Crippen molar-refractivity contribution >= 4 is 5.91 Å². The van der Waals surface area contributed by atoms with Crippen LogP contribution in [-0.2, 0) is 9.47 Å². The summed E-state index contributed by atoms with van der Waals surface area (Å²) < 4.78 is 21.6. The van der Waals surface area contributed by atoms with Crippen LogP contribution in [0.1, 0.15) is 23.7 Å². The van der Waals surface area contributed by atoms with Gasteiger partial charge < -0.3 is 24.3 Å². The minimum atomic E-state index is -0.134. The molecule has 1 fully saturated rings. The number of hydrogen-bond donors (Lipinski definition) is 1. The van der Waals surface area contributed by atoms with Gasteiger partial charge in [0.25, 0.3) is 5.91 Å². The number of carbonyl (C=O) groups excluding carboxylic acids is 1. The van der Waals surface area contributed by atoms with E-state index in [9.17, 15) is 4.79 Å². The fourth-order valence-electron chi connectivity index (χ4n) is 2.54. The standard InChI is InChI=1S/C15H19NO5/c1-2-19-14-8-18-6-5-11(14)16-15(17)10-3-4-12-13(7-10)21-9-20-12/h3-4,7,11,14H,2,5-6,8-9H2,1H3,(H,16,17)/t11-,14-/m1/s1. The van der Waals surface area contributed by atoms with Gasteiger partial charge in [-0.3, -0.25) is 4.79 Å². The maximum absolute atomic E-state index is 12.4. The Morgan fingerprint density at radius 2 is 2.24 bits per heavy atom. The molecule has 3 rings (SSSR count). The second-order valence-electron chi connectivity index (χ2n) is 5.01. The number of amides is 1. The molecule has 1 N–H and O–H groups in total. The summed E-state index contributed by atoms with van der Waals surface area (Å²) in [6.07, 6.45) is 0.655. The van der Waals surface area contributed by atoms with Crippen LogP contribution in [-0.4, -0.2) is 44.7 Å². The molecule has 6 heteroatoms. The third-order valence-corrected chi connectivity index (χ3v) is 3.64. The molecule has 1 saturated heterocycles. The molecule has 0 unspecified atom stereocenters. The number of ether oxygens (including phenoxy) is 4. The van der Waals surface area contributed by atoms with Crippen LogP contribution in [0, 0.1) is 0 Å². The van der Waals surface area contributed by atoms with E-state index in [1.807, 2.05) is 6.92 Å². The number of rotatable bonds is 4. The van der Waals surface area contributed by atoms with Gasteiger partial charge in [0.05, 0.1) is 12.6 Å². The lowest BCUT2D eigenvalue weighted by molar-refractivity contribution is -0.0632. The highest BCUT2D eigenvalue weighted by molar-refractivity contribution is 5.95. The van der Waals surface area contributed by atoms with Crippen molar-refractivity contribution in [2.24, 2.45) is 0 Å². The van der Waals surface area contributed by atoms with Gasteiger partial charge in [0.15, 0.2) is 11.5 Å². The van der Waals surface area contributed by atoms with Crippen LogP contribution in [0.25, 0.3) is 0 Å². The van der Waals surface area contributed by atoms with Crippen molar-refractivity contribution in [3.05, 3.63) is 23.8 Å². The van der Waals surface area contributed by atoms with E-state index < -0.39 is 0 Å². The molecular weight excluding hydrogens is 274 g/mol. The van der Waals surface area contributed by atoms with E-state index >= 15 is 0 Å². The molecule has 114 valence electrons. The summed E-state index contributed by atoms with van der Waals surface area (Å²) in [5.41, 5.74) is 0.556. The minimum Gasteiger partial charge on any atom is -0.454 e. The Labute approximate surface area is 123 Å². The van der Waals surface area contributed by atoms with Crippen molar-refractivity contribution in [3.63, 3.8) is 0 Å². The molecule has 1 aromatic rings. The van der Waals surface area contributed by atoms with Gasteiger partial charge in [0.2, 0.25) is 6.79 Å². The van der Waals surface area contributed by atoms with Crippen molar-refractivity contribution in [1.82, 2.24) is 5.32 Å². The van der Waals surface area contributed by atoms with Crippen LogP contribution in [0.2, 0.25) is 0 Å². The molecule has 2 aliphatic heterocycles. The zero-order valence-corrected chi connectivity index (χ0v) is 12.0. The average Bonchev–Trinajstić information content (AvgIpc) is 2.97. The van der Waals surface area contributed by atoms with Gasteiger partial charge in [0, 0.05) is 18.8 Å². The Hall–Kier alpha value is -1.79. The van der Waals surface area contributed by atoms with Crippen LogP contribution in [0.4, 0.5) is 0 Å². The Morgan fingerprint density at radius 1 is 1.38 bits per heavy atom. The molecule has 1 amide bonds. The summed E-state index contributed by atoms with van der Waals surface area (Å²) in [6, 6.07) is 5.16.